The van der Waals surface area contributed by atoms with Crippen molar-refractivity contribution in [3.63, 3.8) is 0 Å². The molecule has 0 aromatic heterocycles. The highest BCUT2D eigenvalue weighted by atomic mass is 16.5. The van der Waals surface area contributed by atoms with E-state index in [4.69, 9.17) is 4.74 Å². The van der Waals surface area contributed by atoms with Crippen LogP contribution in [0.25, 0.3) is 0 Å². The Balaban J connectivity index is 1.69. The SMILES string of the molecule is CCCCCCCCCCCCCCCCCCOc1c[c]ccc1. The summed E-state index contributed by atoms with van der Waals surface area (Å²) >= 11 is 0. The van der Waals surface area contributed by atoms with Gasteiger partial charge in [-0.15, -0.1) is 0 Å². The maximum absolute atomic E-state index is 5.69. The van der Waals surface area contributed by atoms with Crippen LogP contribution in [0.2, 0.25) is 0 Å². The summed E-state index contributed by atoms with van der Waals surface area (Å²) in [6.45, 7) is 3.13. The highest BCUT2D eigenvalue weighted by Crippen LogP contribution is 2.14. The zero-order valence-electron chi connectivity index (χ0n) is 16.7. The van der Waals surface area contributed by atoms with Crippen LogP contribution in [0.5, 0.6) is 5.75 Å². The molecule has 0 atom stereocenters. The maximum atomic E-state index is 5.69. The van der Waals surface area contributed by atoms with E-state index in [0.29, 0.717) is 0 Å². The summed E-state index contributed by atoms with van der Waals surface area (Å²) in [5.41, 5.74) is 0. The van der Waals surface area contributed by atoms with Gasteiger partial charge in [-0.05, 0) is 24.6 Å². The van der Waals surface area contributed by atoms with E-state index in [1.165, 1.54) is 103 Å². The van der Waals surface area contributed by atoms with Gasteiger partial charge in [0.25, 0.3) is 0 Å². The molecule has 143 valence electrons. The molecule has 0 amide bonds. The molecule has 1 aromatic carbocycles. The smallest absolute Gasteiger partial charge is 0.119 e. The monoisotopic (exact) mass is 345 g/mol. The van der Waals surface area contributed by atoms with Crippen molar-refractivity contribution in [1.29, 1.82) is 0 Å². The second kappa shape index (κ2) is 17.8. The van der Waals surface area contributed by atoms with E-state index >= 15 is 0 Å². The molecule has 0 bridgehead atoms. The third kappa shape index (κ3) is 15.0. The number of benzene rings is 1. The molecular formula is C24H41O. The first-order valence-electron chi connectivity index (χ1n) is 11.0. The van der Waals surface area contributed by atoms with Crippen LogP contribution in [0, 0.1) is 6.07 Å². The largest absolute Gasteiger partial charge is 0.494 e. The van der Waals surface area contributed by atoms with E-state index in [1.807, 2.05) is 24.3 Å². The molecule has 25 heavy (non-hydrogen) atoms. The van der Waals surface area contributed by atoms with Crippen molar-refractivity contribution in [1.82, 2.24) is 0 Å². The summed E-state index contributed by atoms with van der Waals surface area (Å²) in [4.78, 5) is 0. The lowest BCUT2D eigenvalue weighted by Gasteiger charge is -2.06. The van der Waals surface area contributed by atoms with E-state index in [0.717, 1.165) is 12.4 Å². The zero-order valence-corrected chi connectivity index (χ0v) is 16.7. The number of hydrogen-bond acceptors (Lipinski definition) is 1. The van der Waals surface area contributed by atoms with Crippen LogP contribution in [0.3, 0.4) is 0 Å². The Bertz CT molecular complexity index is 360. The molecule has 1 heteroatoms. The fourth-order valence-electron chi connectivity index (χ4n) is 3.31. The van der Waals surface area contributed by atoms with Crippen molar-refractivity contribution in [2.24, 2.45) is 0 Å². The fourth-order valence-corrected chi connectivity index (χ4v) is 3.31. The van der Waals surface area contributed by atoms with Crippen LogP contribution in [0.1, 0.15) is 110 Å². The van der Waals surface area contributed by atoms with Crippen molar-refractivity contribution in [2.75, 3.05) is 6.61 Å². The first-order valence-corrected chi connectivity index (χ1v) is 11.0. The summed E-state index contributed by atoms with van der Waals surface area (Å²) in [5, 5.41) is 0. The molecule has 0 aliphatic carbocycles. The summed E-state index contributed by atoms with van der Waals surface area (Å²) < 4.78 is 5.69. The molecule has 0 spiro atoms. The molecule has 0 unspecified atom stereocenters. The Morgan fingerprint density at radius 2 is 1.16 bits per heavy atom. The van der Waals surface area contributed by atoms with E-state index in [-0.39, 0.29) is 0 Å². The summed E-state index contributed by atoms with van der Waals surface area (Å²) in [5.74, 6) is 0.948. The topological polar surface area (TPSA) is 9.23 Å². The molecule has 1 radical (unpaired) electrons. The van der Waals surface area contributed by atoms with Crippen molar-refractivity contribution in [3.05, 3.63) is 30.3 Å². The molecule has 0 heterocycles. The van der Waals surface area contributed by atoms with Gasteiger partial charge in [-0.25, -0.2) is 0 Å². The number of unbranched alkanes of at least 4 members (excludes halogenated alkanes) is 15. The molecule has 0 fully saturated rings. The lowest BCUT2D eigenvalue weighted by molar-refractivity contribution is 0.304. The standard InChI is InChI=1S/C24H41O/c1-2-3-4-5-6-7-8-9-10-11-12-13-14-15-16-20-23-25-24-21-18-17-19-22-24/h17-18,21-22H,2-16,20,23H2,1H3. The molecule has 1 aromatic rings. The van der Waals surface area contributed by atoms with Gasteiger partial charge >= 0.3 is 0 Å². The van der Waals surface area contributed by atoms with E-state index in [2.05, 4.69) is 13.0 Å². The van der Waals surface area contributed by atoms with Gasteiger partial charge < -0.3 is 4.74 Å². The van der Waals surface area contributed by atoms with E-state index < -0.39 is 0 Å². The third-order valence-corrected chi connectivity index (χ3v) is 4.95. The van der Waals surface area contributed by atoms with Crippen LogP contribution in [-0.2, 0) is 0 Å². The van der Waals surface area contributed by atoms with Crippen LogP contribution in [-0.4, -0.2) is 6.61 Å². The van der Waals surface area contributed by atoms with Gasteiger partial charge in [0.1, 0.15) is 5.75 Å². The highest BCUT2D eigenvalue weighted by Gasteiger charge is 1.95. The maximum Gasteiger partial charge on any atom is 0.119 e. The summed E-state index contributed by atoms with van der Waals surface area (Å²) in [7, 11) is 0. The molecule has 0 saturated heterocycles. The number of hydrogen-bond donors (Lipinski definition) is 0. The average molecular weight is 346 g/mol. The Morgan fingerprint density at radius 1 is 0.680 bits per heavy atom. The van der Waals surface area contributed by atoms with Crippen LogP contribution in [0.4, 0.5) is 0 Å². The molecule has 0 N–H and O–H groups in total. The molecule has 0 aliphatic rings. The minimum Gasteiger partial charge on any atom is -0.494 e. The van der Waals surface area contributed by atoms with Gasteiger partial charge in [-0.1, -0.05) is 115 Å². The van der Waals surface area contributed by atoms with E-state index in [1.54, 1.807) is 0 Å². The van der Waals surface area contributed by atoms with Gasteiger partial charge in [0.05, 0.1) is 6.61 Å². The van der Waals surface area contributed by atoms with Crippen molar-refractivity contribution in [2.45, 2.75) is 110 Å². The average Bonchev–Trinajstić information content (AvgIpc) is 2.65. The second-order valence-electron chi connectivity index (χ2n) is 7.39. The van der Waals surface area contributed by atoms with Gasteiger partial charge in [-0.2, -0.15) is 0 Å². The Labute approximate surface area is 157 Å². The Hall–Kier alpha value is -0.980. The predicted molar refractivity (Wildman–Crippen MR) is 110 cm³/mol. The van der Waals surface area contributed by atoms with Crippen LogP contribution in [0.15, 0.2) is 24.3 Å². The zero-order chi connectivity index (χ0) is 17.8. The summed E-state index contributed by atoms with van der Waals surface area (Å²) in [6.07, 6.45) is 22.6. The van der Waals surface area contributed by atoms with Crippen LogP contribution >= 0.6 is 0 Å². The quantitative estimate of drug-likeness (QED) is 0.244. The van der Waals surface area contributed by atoms with Crippen LogP contribution < -0.4 is 4.74 Å². The number of ether oxygens (including phenoxy) is 1. The van der Waals surface area contributed by atoms with Gasteiger partial charge in [-0.3, -0.25) is 0 Å². The normalized spacial score (nSPS) is 10.9. The van der Waals surface area contributed by atoms with E-state index in [9.17, 15) is 0 Å². The lowest BCUT2D eigenvalue weighted by Crippen LogP contribution is -1.96. The third-order valence-electron chi connectivity index (χ3n) is 4.95. The minimum absolute atomic E-state index is 0.844. The van der Waals surface area contributed by atoms with Gasteiger partial charge in [0, 0.05) is 0 Å². The lowest BCUT2D eigenvalue weighted by atomic mass is 10.0. The first-order chi connectivity index (χ1) is 12.4. The molecular weight excluding hydrogens is 304 g/mol. The molecule has 0 aliphatic heterocycles. The Kier molecular flexibility index (Phi) is 15.7. The van der Waals surface area contributed by atoms with Crippen molar-refractivity contribution < 1.29 is 4.74 Å². The predicted octanol–water partition coefficient (Wildman–Crippen LogP) is 8.13. The molecule has 0 saturated carbocycles. The minimum atomic E-state index is 0.844. The fraction of sp³-hybridized carbons (Fsp3) is 0.750. The Morgan fingerprint density at radius 3 is 1.60 bits per heavy atom. The first kappa shape index (κ1) is 22.1. The summed E-state index contributed by atoms with van der Waals surface area (Å²) in [6, 6.07) is 10.8. The second-order valence-corrected chi connectivity index (χ2v) is 7.39. The highest BCUT2D eigenvalue weighted by molar-refractivity contribution is 5.19. The van der Waals surface area contributed by atoms with Crippen molar-refractivity contribution >= 4 is 0 Å². The van der Waals surface area contributed by atoms with Crippen molar-refractivity contribution in [3.8, 4) is 5.75 Å². The molecule has 1 nitrogen and oxygen atoms in total. The van der Waals surface area contributed by atoms with Gasteiger partial charge in [0.2, 0.25) is 0 Å². The molecule has 1 rings (SSSR count). The number of rotatable bonds is 18. The van der Waals surface area contributed by atoms with Gasteiger partial charge in [0.15, 0.2) is 0 Å².